The molecule has 0 unspecified atom stereocenters. The highest BCUT2D eigenvalue weighted by atomic mass is 35.5. The molecule has 1 N–H and O–H groups in total. The molecule has 0 bridgehead atoms. The van der Waals surface area contributed by atoms with Gasteiger partial charge in [-0.05, 0) is 74.3 Å². The van der Waals surface area contributed by atoms with E-state index in [2.05, 4.69) is 22.3 Å². The number of amides is 1. The van der Waals surface area contributed by atoms with Gasteiger partial charge in [-0.3, -0.25) is 9.69 Å². The number of rotatable bonds is 8. The zero-order valence-electron chi connectivity index (χ0n) is 17.8. The lowest BCUT2D eigenvalue weighted by Gasteiger charge is -2.31. The standard InChI is InChI=1S/C24H31ClN2O3/c1-18-15-21(11-12-22(18)25)30-17-24(28)26-16-23(27-13-5-3-4-6-14-27)19-7-9-20(29-2)10-8-19/h7-12,15,23H,3-6,13-14,16-17H2,1-2H3,(H,26,28)/t23-/m0/s1. The Bertz CT molecular complexity index is 818. The Morgan fingerprint density at radius 2 is 1.73 bits per heavy atom. The van der Waals surface area contributed by atoms with Crippen molar-refractivity contribution >= 4 is 17.5 Å². The van der Waals surface area contributed by atoms with Crippen LogP contribution >= 0.6 is 11.6 Å². The summed E-state index contributed by atoms with van der Waals surface area (Å²) in [4.78, 5) is 14.9. The van der Waals surface area contributed by atoms with Crippen LogP contribution in [0.2, 0.25) is 5.02 Å². The number of likely N-dealkylation sites (tertiary alicyclic amines) is 1. The van der Waals surface area contributed by atoms with Gasteiger partial charge >= 0.3 is 0 Å². The molecular formula is C24H31ClN2O3. The van der Waals surface area contributed by atoms with Gasteiger partial charge in [0, 0.05) is 11.6 Å². The van der Waals surface area contributed by atoms with Crippen molar-refractivity contribution in [1.29, 1.82) is 0 Å². The van der Waals surface area contributed by atoms with E-state index in [1.807, 2.05) is 25.1 Å². The van der Waals surface area contributed by atoms with E-state index in [4.69, 9.17) is 21.1 Å². The zero-order chi connectivity index (χ0) is 21.3. The molecule has 1 aliphatic heterocycles. The first-order valence-electron chi connectivity index (χ1n) is 10.6. The van der Waals surface area contributed by atoms with Gasteiger partial charge in [0.15, 0.2) is 6.61 Å². The van der Waals surface area contributed by atoms with Crippen molar-refractivity contribution in [3.8, 4) is 11.5 Å². The molecule has 5 nitrogen and oxygen atoms in total. The Hall–Kier alpha value is -2.24. The third kappa shape index (κ3) is 6.38. The highest BCUT2D eigenvalue weighted by Gasteiger charge is 2.22. The van der Waals surface area contributed by atoms with Gasteiger partial charge in [0.05, 0.1) is 13.2 Å². The number of halogens is 1. The highest BCUT2D eigenvalue weighted by Crippen LogP contribution is 2.26. The van der Waals surface area contributed by atoms with Crippen molar-refractivity contribution in [2.24, 2.45) is 0 Å². The van der Waals surface area contributed by atoms with E-state index in [9.17, 15) is 4.79 Å². The molecular weight excluding hydrogens is 400 g/mol. The van der Waals surface area contributed by atoms with Gasteiger partial charge in [0.1, 0.15) is 11.5 Å². The monoisotopic (exact) mass is 430 g/mol. The average molecular weight is 431 g/mol. The van der Waals surface area contributed by atoms with Crippen LogP contribution in [0.1, 0.15) is 42.9 Å². The van der Waals surface area contributed by atoms with Crippen molar-refractivity contribution in [2.75, 3.05) is 33.4 Å². The highest BCUT2D eigenvalue weighted by molar-refractivity contribution is 6.31. The molecule has 3 rings (SSSR count). The Morgan fingerprint density at radius 3 is 2.37 bits per heavy atom. The number of carbonyl (C=O) groups is 1. The summed E-state index contributed by atoms with van der Waals surface area (Å²) < 4.78 is 10.9. The van der Waals surface area contributed by atoms with Crippen LogP contribution in [0.4, 0.5) is 0 Å². The Morgan fingerprint density at radius 1 is 1.07 bits per heavy atom. The molecule has 2 aromatic carbocycles. The van der Waals surface area contributed by atoms with Gasteiger partial charge in [0.2, 0.25) is 0 Å². The zero-order valence-corrected chi connectivity index (χ0v) is 18.6. The fourth-order valence-electron chi connectivity index (χ4n) is 3.81. The second-order valence-electron chi connectivity index (χ2n) is 7.74. The lowest BCUT2D eigenvalue weighted by molar-refractivity contribution is -0.123. The molecule has 1 amide bonds. The maximum absolute atomic E-state index is 12.5. The summed E-state index contributed by atoms with van der Waals surface area (Å²) in [6.07, 6.45) is 4.93. The molecule has 0 radical (unpaired) electrons. The lowest BCUT2D eigenvalue weighted by Crippen LogP contribution is -2.40. The van der Waals surface area contributed by atoms with Gasteiger partial charge in [-0.2, -0.15) is 0 Å². The largest absolute Gasteiger partial charge is 0.497 e. The molecule has 0 aliphatic carbocycles. The lowest BCUT2D eigenvalue weighted by atomic mass is 10.0. The SMILES string of the molecule is COc1ccc([C@H](CNC(=O)COc2ccc(Cl)c(C)c2)N2CCCCCC2)cc1. The summed E-state index contributed by atoms with van der Waals surface area (Å²) in [5, 5.41) is 3.75. The van der Waals surface area contributed by atoms with Gasteiger partial charge < -0.3 is 14.8 Å². The predicted molar refractivity (Wildman–Crippen MR) is 120 cm³/mol. The van der Waals surface area contributed by atoms with Gasteiger partial charge in [-0.25, -0.2) is 0 Å². The van der Waals surface area contributed by atoms with E-state index in [0.717, 1.165) is 24.4 Å². The summed E-state index contributed by atoms with van der Waals surface area (Å²) in [5.41, 5.74) is 2.11. The van der Waals surface area contributed by atoms with Crippen molar-refractivity contribution < 1.29 is 14.3 Å². The van der Waals surface area contributed by atoms with Gasteiger partial charge in [-0.1, -0.05) is 36.6 Å². The molecule has 6 heteroatoms. The van der Waals surface area contributed by atoms with Crippen molar-refractivity contribution in [3.63, 3.8) is 0 Å². The maximum atomic E-state index is 12.5. The molecule has 0 saturated carbocycles. The van der Waals surface area contributed by atoms with Crippen molar-refractivity contribution in [1.82, 2.24) is 10.2 Å². The van der Waals surface area contributed by atoms with Crippen LogP contribution in [0.15, 0.2) is 42.5 Å². The summed E-state index contributed by atoms with van der Waals surface area (Å²) in [7, 11) is 1.67. The molecule has 0 aromatic heterocycles. The van der Waals surface area contributed by atoms with Crippen LogP contribution in [0, 0.1) is 6.92 Å². The second-order valence-corrected chi connectivity index (χ2v) is 8.15. The molecule has 1 aliphatic rings. The van der Waals surface area contributed by atoms with Crippen LogP contribution in [-0.4, -0.2) is 44.2 Å². The molecule has 1 heterocycles. The number of hydrogen-bond donors (Lipinski definition) is 1. The number of nitrogens with zero attached hydrogens (tertiary/aromatic N) is 1. The van der Waals surface area contributed by atoms with E-state index in [-0.39, 0.29) is 18.6 Å². The number of aryl methyl sites for hydroxylation is 1. The first-order valence-corrected chi connectivity index (χ1v) is 11.0. The Labute approximate surface area is 184 Å². The average Bonchev–Trinajstić information content (AvgIpc) is 3.05. The van der Waals surface area contributed by atoms with E-state index in [0.29, 0.717) is 17.3 Å². The molecule has 162 valence electrons. The molecule has 30 heavy (non-hydrogen) atoms. The fraction of sp³-hybridized carbons (Fsp3) is 0.458. The molecule has 1 fully saturated rings. The summed E-state index contributed by atoms with van der Waals surface area (Å²) in [5.74, 6) is 1.35. The minimum atomic E-state index is -0.129. The van der Waals surface area contributed by atoms with Crippen LogP contribution in [-0.2, 0) is 4.79 Å². The van der Waals surface area contributed by atoms with Crippen molar-refractivity contribution in [3.05, 3.63) is 58.6 Å². The van der Waals surface area contributed by atoms with E-state index in [1.165, 1.54) is 31.2 Å². The van der Waals surface area contributed by atoms with Crippen LogP contribution in [0.3, 0.4) is 0 Å². The minimum Gasteiger partial charge on any atom is -0.497 e. The van der Waals surface area contributed by atoms with Gasteiger partial charge in [0.25, 0.3) is 5.91 Å². The third-order valence-electron chi connectivity index (χ3n) is 5.57. The minimum absolute atomic E-state index is 0.0175. The smallest absolute Gasteiger partial charge is 0.258 e. The molecule has 1 atom stereocenters. The fourth-order valence-corrected chi connectivity index (χ4v) is 3.93. The van der Waals surface area contributed by atoms with Crippen LogP contribution in [0.25, 0.3) is 0 Å². The number of nitrogens with one attached hydrogen (secondary N) is 1. The number of ether oxygens (including phenoxy) is 2. The maximum Gasteiger partial charge on any atom is 0.258 e. The first kappa shape index (κ1) is 22.4. The topological polar surface area (TPSA) is 50.8 Å². The predicted octanol–water partition coefficient (Wildman–Crippen LogP) is 4.77. The van der Waals surface area contributed by atoms with Crippen molar-refractivity contribution in [2.45, 2.75) is 38.6 Å². The first-order chi connectivity index (χ1) is 14.6. The van der Waals surface area contributed by atoms with E-state index < -0.39 is 0 Å². The number of benzene rings is 2. The summed E-state index contributed by atoms with van der Waals surface area (Å²) in [6, 6.07) is 13.7. The quantitative estimate of drug-likeness (QED) is 0.655. The molecule has 1 saturated heterocycles. The van der Waals surface area contributed by atoms with Crippen LogP contribution in [0.5, 0.6) is 11.5 Å². The number of methoxy groups -OCH3 is 1. The normalized spacial score (nSPS) is 15.8. The molecule has 2 aromatic rings. The second kappa shape index (κ2) is 11.2. The van der Waals surface area contributed by atoms with Gasteiger partial charge in [-0.15, -0.1) is 0 Å². The molecule has 0 spiro atoms. The number of carbonyl (C=O) groups excluding carboxylic acids is 1. The Balaban J connectivity index is 1.61. The van der Waals surface area contributed by atoms with E-state index in [1.54, 1.807) is 19.2 Å². The number of hydrogen-bond acceptors (Lipinski definition) is 4. The summed E-state index contributed by atoms with van der Waals surface area (Å²) >= 11 is 6.04. The van der Waals surface area contributed by atoms with E-state index >= 15 is 0 Å². The van der Waals surface area contributed by atoms with Crippen LogP contribution < -0.4 is 14.8 Å². The third-order valence-corrected chi connectivity index (χ3v) is 6.00. The Kier molecular flexibility index (Phi) is 8.40. The summed E-state index contributed by atoms with van der Waals surface area (Å²) in [6.45, 7) is 4.54.